The number of ether oxygens (including phenoxy) is 1. The van der Waals surface area contributed by atoms with Crippen LogP contribution in [0.3, 0.4) is 0 Å². The maximum Gasteiger partial charge on any atom is 0.416 e. The molecule has 3 aromatic carbocycles. The number of halogens is 6. The zero-order valence-corrected chi connectivity index (χ0v) is 18.4. The highest BCUT2D eigenvalue weighted by Crippen LogP contribution is 2.35. The summed E-state index contributed by atoms with van der Waals surface area (Å²) in [4.78, 5) is 13.1. The molecule has 0 fully saturated rings. The number of hydrogen-bond donors (Lipinski definition) is 1. The fourth-order valence-corrected chi connectivity index (χ4v) is 3.58. The second-order valence-electron chi connectivity index (χ2n) is 7.39. The second kappa shape index (κ2) is 9.46. The molecule has 0 aliphatic heterocycles. The summed E-state index contributed by atoms with van der Waals surface area (Å²) in [5, 5.41) is 9.91. The first-order valence-corrected chi connectivity index (χ1v) is 10.5. The van der Waals surface area contributed by atoms with Gasteiger partial charge < -0.3 is 10.1 Å². The van der Waals surface area contributed by atoms with Gasteiger partial charge >= 0.3 is 6.18 Å². The van der Waals surface area contributed by atoms with Crippen molar-refractivity contribution in [3.8, 4) is 11.6 Å². The summed E-state index contributed by atoms with van der Waals surface area (Å²) in [6.07, 6.45) is -4.63. The van der Waals surface area contributed by atoms with Gasteiger partial charge in [0.05, 0.1) is 17.6 Å². The Labute approximate surface area is 200 Å². The van der Waals surface area contributed by atoms with Crippen molar-refractivity contribution >= 4 is 28.4 Å². The Morgan fingerprint density at radius 3 is 2.37 bits per heavy atom. The first kappa shape index (κ1) is 24.3. The Balaban J connectivity index is 1.68. The number of nitrogens with one attached hydrogen (secondary N) is 1. The predicted octanol–water partition coefficient (Wildman–Crippen LogP) is 6.62. The van der Waals surface area contributed by atoms with Crippen molar-refractivity contribution in [3.05, 3.63) is 94.5 Å². The predicted molar refractivity (Wildman–Crippen MR) is 119 cm³/mol. The Morgan fingerprint density at radius 1 is 0.914 bits per heavy atom. The molecule has 5 nitrogen and oxygen atoms in total. The van der Waals surface area contributed by atoms with Crippen LogP contribution in [0, 0.1) is 0 Å². The van der Waals surface area contributed by atoms with Crippen LogP contribution in [0.2, 0.25) is 5.02 Å². The van der Waals surface area contributed by atoms with Crippen molar-refractivity contribution in [1.29, 1.82) is 0 Å². The van der Waals surface area contributed by atoms with E-state index in [-0.39, 0.29) is 27.2 Å². The van der Waals surface area contributed by atoms with Crippen LogP contribution >= 0.6 is 11.6 Å². The minimum atomic E-state index is -4.63. The molecule has 0 unspecified atom stereocenters. The molecule has 4 rings (SSSR count). The lowest BCUT2D eigenvalue weighted by molar-refractivity contribution is -0.137. The summed E-state index contributed by atoms with van der Waals surface area (Å²) in [5.41, 5.74) is -1.45. The van der Waals surface area contributed by atoms with Gasteiger partial charge in [0.1, 0.15) is 11.3 Å². The topological polar surface area (TPSA) is 64.1 Å². The highest BCUT2D eigenvalue weighted by molar-refractivity contribution is 6.31. The van der Waals surface area contributed by atoms with E-state index >= 15 is 0 Å². The first-order chi connectivity index (χ1) is 16.6. The van der Waals surface area contributed by atoms with Crippen LogP contribution in [0.4, 0.5) is 22.0 Å². The number of alkyl halides is 5. The van der Waals surface area contributed by atoms with Crippen LogP contribution in [0.15, 0.2) is 72.8 Å². The minimum absolute atomic E-state index is 0.170. The van der Waals surface area contributed by atoms with Crippen LogP contribution in [0.5, 0.6) is 11.6 Å². The molecule has 1 heterocycles. The summed E-state index contributed by atoms with van der Waals surface area (Å²) >= 11 is 5.87. The highest BCUT2D eigenvalue weighted by atomic mass is 35.5. The summed E-state index contributed by atoms with van der Waals surface area (Å²) in [6, 6.07) is 15.5. The van der Waals surface area contributed by atoms with Crippen molar-refractivity contribution in [2.45, 2.75) is 12.1 Å². The molecule has 1 amide bonds. The average molecular weight is 508 g/mol. The van der Waals surface area contributed by atoms with E-state index in [1.54, 1.807) is 12.1 Å². The second-order valence-corrected chi connectivity index (χ2v) is 7.80. The lowest BCUT2D eigenvalue weighted by Gasteiger charge is -2.19. The van der Waals surface area contributed by atoms with Crippen LogP contribution in [-0.4, -0.2) is 22.6 Å². The lowest BCUT2D eigenvalue weighted by atomic mass is 10.1. The number of carbonyl (C=O) groups is 1. The van der Waals surface area contributed by atoms with Gasteiger partial charge in [0, 0.05) is 16.0 Å². The van der Waals surface area contributed by atoms with Crippen molar-refractivity contribution in [2.24, 2.45) is 0 Å². The molecular weight excluding hydrogens is 493 g/mol. The van der Waals surface area contributed by atoms with E-state index in [4.69, 9.17) is 16.3 Å². The number of hydrogen-bond acceptors (Lipinski definition) is 4. The van der Waals surface area contributed by atoms with Crippen LogP contribution in [-0.2, 0) is 12.1 Å². The number of fused-ring (bicyclic) bond motifs is 1. The molecule has 180 valence electrons. The van der Waals surface area contributed by atoms with Crippen LogP contribution < -0.4 is 10.1 Å². The normalized spacial score (nSPS) is 11.9. The van der Waals surface area contributed by atoms with Gasteiger partial charge in [0.2, 0.25) is 0 Å². The average Bonchev–Trinajstić information content (AvgIpc) is 2.82. The molecule has 1 aromatic heterocycles. The van der Waals surface area contributed by atoms with E-state index in [1.807, 2.05) is 0 Å². The fourth-order valence-electron chi connectivity index (χ4n) is 3.31. The molecule has 1 N–H and O–H groups in total. The zero-order valence-electron chi connectivity index (χ0n) is 17.6. The van der Waals surface area contributed by atoms with Gasteiger partial charge in [-0.1, -0.05) is 54.1 Å². The van der Waals surface area contributed by atoms with E-state index in [9.17, 15) is 26.7 Å². The van der Waals surface area contributed by atoms with E-state index < -0.39 is 41.6 Å². The first-order valence-electron chi connectivity index (χ1n) is 10.1. The monoisotopic (exact) mass is 507 g/mol. The molecule has 0 saturated heterocycles. The number of amides is 1. The third kappa shape index (κ3) is 5.32. The van der Waals surface area contributed by atoms with E-state index in [2.05, 4.69) is 15.5 Å². The van der Waals surface area contributed by atoms with Gasteiger partial charge in [0.25, 0.3) is 17.7 Å². The molecule has 4 aromatic rings. The summed E-state index contributed by atoms with van der Waals surface area (Å²) in [7, 11) is 0. The molecule has 0 radical (unpaired) electrons. The molecule has 0 saturated carbocycles. The third-order valence-corrected chi connectivity index (χ3v) is 5.31. The van der Waals surface area contributed by atoms with Gasteiger partial charge in [-0.05, 0) is 30.3 Å². The largest absolute Gasteiger partial charge is 0.437 e. The number of aromatic nitrogens is 2. The maximum atomic E-state index is 14.7. The number of carbonyl (C=O) groups excluding carboxylic acids is 1. The number of nitrogens with zero attached hydrogens (tertiary/aromatic N) is 2. The highest BCUT2D eigenvalue weighted by Gasteiger charge is 2.35. The van der Waals surface area contributed by atoms with Crippen molar-refractivity contribution in [1.82, 2.24) is 15.5 Å². The third-order valence-electron chi connectivity index (χ3n) is 4.98. The summed E-state index contributed by atoms with van der Waals surface area (Å²) in [5.74, 6) is -5.20. The lowest BCUT2D eigenvalue weighted by Crippen LogP contribution is -2.35. The molecule has 0 bridgehead atoms. The number of benzene rings is 3. The number of rotatable bonds is 6. The van der Waals surface area contributed by atoms with Gasteiger partial charge in [0.15, 0.2) is 0 Å². The zero-order chi connectivity index (χ0) is 25.2. The molecule has 11 heteroatoms. The molecule has 35 heavy (non-hydrogen) atoms. The standard InChI is InChI=1S/C24H15ClF5N3O2/c25-18-10-3-2-9-17(18)23(26,27)13-31-21(34)20-16-8-1-4-11-19(16)32-33-22(20)35-15-7-5-6-14(12-15)24(28,29)30/h1-12H,13H2,(H,31,34). The van der Waals surface area contributed by atoms with E-state index in [0.717, 1.165) is 24.3 Å². The summed E-state index contributed by atoms with van der Waals surface area (Å²) < 4.78 is 74.2. The molecular formula is C24H15ClF5N3O2. The molecule has 0 aliphatic rings. The van der Waals surface area contributed by atoms with Crippen molar-refractivity contribution in [2.75, 3.05) is 6.54 Å². The van der Waals surface area contributed by atoms with Crippen molar-refractivity contribution < 1.29 is 31.5 Å². The van der Waals surface area contributed by atoms with Crippen LogP contribution in [0.25, 0.3) is 10.9 Å². The smallest absolute Gasteiger partial charge is 0.416 e. The van der Waals surface area contributed by atoms with Gasteiger partial charge in [-0.25, -0.2) is 0 Å². The van der Waals surface area contributed by atoms with E-state index in [0.29, 0.717) is 0 Å². The van der Waals surface area contributed by atoms with Crippen LogP contribution in [0.1, 0.15) is 21.5 Å². The Hall–Kier alpha value is -3.79. The Morgan fingerprint density at radius 2 is 1.63 bits per heavy atom. The molecule has 0 atom stereocenters. The fraction of sp³-hybridized carbons (Fsp3) is 0.125. The molecule has 0 spiro atoms. The maximum absolute atomic E-state index is 14.7. The quantitative estimate of drug-likeness (QED) is 0.298. The van der Waals surface area contributed by atoms with E-state index in [1.165, 1.54) is 36.4 Å². The Kier molecular flexibility index (Phi) is 6.58. The SMILES string of the molecule is O=C(NCC(F)(F)c1ccccc1Cl)c1c(Oc2cccc(C(F)(F)F)c2)nnc2ccccc12. The van der Waals surface area contributed by atoms with Gasteiger partial charge in [-0.2, -0.15) is 22.0 Å². The Bertz CT molecular complexity index is 1400. The minimum Gasteiger partial charge on any atom is -0.437 e. The van der Waals surface area contributed by atoms with Crippen molar-refractivity contribution in [3.63, 3.8) is 0 Å². The van der Waals surface area contributed by atoms with Gasteiger partial charge in [-0.3, -0.25) is 4.79 Å². The summed E-state index contributed by atoms with van der Waals surface area (Å²) in [6.45, 7) is -1.10. The van der Waals surface area contributed by atoms with Gasteiger partial charge in [-0.15, -0.1) is 10.2 Å². The molecule has 0 aliphatic carbocycles.